The third-order valence-corrected chi connectivity index (χ3v) is 3.58. The Morgan fingerprint density at radius 3 is 2.71 bits per heavy atom. The van der Waals surface area contributed by atoms with Crippen LogP contribution in [0.3, 0.4) is 0 Å². The van der Waals surface area contributed by atoms with Crippen LogP contribution in [0.25, 0.3) is 10.9 Å². The molecule has 0 fully saturated rings. The number of aromatic nitrogens is 1. The summed E-state index contributed by atoms with van der Waals surface area (Å²) in [7, 11) is 0. The van der Waals surface area contributed by atoms with Gasteiger partial charge in [0.15, 0.2) is 0 Å². The molecule has 3 rings (SSSR count). The largest absolute Gasteiger partial charge is 0.271 e. The maximum atomic E-state index is 14.2. The van der Waals surface area contributed by atoms with E-state index in [0.717, 1.165) is 22.0 Å². The van der Waals surface area contributed by atoms with Crippen molar-refractivity contribution in [3.05, 3.63) is 77.2 Å². The van der Waals surface area contributed by atoms with Gasteiger partial charge >= 0.3 is 0 Å². The summed E-state index contributed by atoms with van der Waals surface area (Å²) in [5, 5.41) is 1.00. The number of benzene rings is 2. The predicted molar refractivity (Wildman–Crippen MR) is 82.0 cm³/mol. The molecule has 0 amide bonds. The molecule has 0 saturated heterocycles. The highest BCUT2D eigenvalue weighted by Crippen LogP contribution is 2.26. The fraction of sp³-hybridized carbons (Fsp3) is 0.118. The molecule has 1 aromatic heterocycles. The molecule has 0 aliphatic carbocycles. The average Bonchev–Trinajstić information content (AvgIpc) is 2.50. The first-order valence-electron chi connectivity index (χ1n) is 6.76. The van der Waals surface area contributed by atoms with E-state index in [9.17, 15) is 4.39 Å². The van der Waals surface area contributed by atoms with Crippen LogP contribution >= 0.6 is 0 Å². The smallest absolute Gasteiger partial charge is 0.128 e. The Morgan fingerprint density at radius 2 is 1.95 bits per heavy atom. The number of nitrogens with zero attached hydrogens (tertiary/aromatic N) is 1. The number of aryl methyl sites for hydroxylation is 1. The van der Waals surface area contributed by atoms with Gasteiger partial charge in [0.05, 0.1) is 11.6 Å². The number of hydrogen-bond acceptors (Lipinski definition) is 3. The highest BCUT2D eigenvalue weighted by Gasteiger charge is 2.17. The molecular weight excluding hydrogens is 265 g/mol. The Labute approximate surface area is 122 Å². The van der Waals surface area contributed by atoms with Crippen LogP contribution in [0.4, 0.5) is 4.39 Å². The number of nitrogens with two attached hydrogens (primary N) is 1. The Morgan fingerprint density at radius 1 is 1.14 bits per heavy atom. The second kappa shape index (κ2) is 5.60. The minimum Gasteiger partial charge on any atom is -0.271 e. The van der Waals surface area contributed by atoms with Crippen molar-refractivity contribution >= 4 is 10.9 Å². The van der Waals surface area contributed by atoms with Crippen LogP contribution in [0.2, 0.25) is 0 Å². The molecule has 1 unspecified atom stereocenters. The number of halogens is 1. The zero-order valence-corrected chi connectivity index (χ0v) is 11.7. The van der Waals surface area contributed by atoms with E-state index in [2.05, 4.69) is 10.4 Å². The molecule has 0 spiro atoms. The Bertz CT molecular complexity index is 786. The van der Waals surface area contributed by atoms with E-state index in [4.69, 9.17) is 5.84 Å². The molecule has 0 aliphatic rings. The lowest BCUT2D eigenvalue weighted by Gasteiger charge is -2.18. The molecule has 4 heteroatoms. The van der Waals surface area contributed by atoms with E-state index in [1.807, 2.05) is 43.3 Å². The average molecular weight is 281 g/mol. The second-order valence-corrected chi connectivity index (χ2v) is 5.09. The zero-order valence-electron chi connectivity index (χ0n) is 11.7. The lowest BCUT2D eigenvalue weighted by atomic mass is 9.98. The number of fused-ring (bicyclic) bond motifs is 1. The van der Waals surface area contributed by atoms with Gasteiger partial charge in [-0.3, -0.25) is 10.8 Å². The number of hydrogen-bond donors (Lipinski definition) is 2. The monoisotopic (exact) mass is 281 g/mol. The summed E-state index contributed by atoms with van der Waals surface area (Å²) in [6.07, 6.45) is 1.73. The van der Waals surface area contributed by atoms with Crippen LogP contribution in [-0.2, 0) is 0 Å². The van der Waals surface area contributed by atoms with Gasteiger partial charge in [-0.15, -0.1) is 0 Å². The summed E-state index contributed by atoms with van der Waals surface area (Å²) in [4.78, 5) is 4.40. The maximum absolute atomic E-state index is 14.2. The molecule has 3 nitrogen and oxygen atoms in total. The normalized spacial score (nSPS) is 12.5. The summed E-state index contributed by atoms with van der Waals surface area (Å²) >= 11 is 0. The van der Waals surface area contributed by atoms with Crippen LogP contribution in [-0.4, -0.2) is 4.98 Å². The van der Waals surface area contributed by atoms with Crippen LogP contribution in [0.15, 0.2) is 54.7 Å². The van der Waals surface area contributed by atoms with E-state index in [0.29, 0.717) is 5.56 Å². The number of rotatable bonds is 3. The molecule has 1 atom stereocenters. The first-order chi connectivity index (χ1) is 10.2. The first-order valence-corrected chi connectivity index (χ1v) is 6.76. The highest BCUT2D eigenvalue weighted by molar-refractivity contribution is 5.79. The van der Waals surface area contributed by atoms with Gasteiger partial charge in [0.1, 0.15) is 5.82 Å². The van der Waals surface area contributed by atoms with E-state index in [-0.39, 0.29) is 5.82 Å². The summed E-state index contributed by atoms with van der Waals surface area (Å²) in [6.45, 7) is 1.86. The zero-order chi connectivity index (χ0) is 14.8. The van der Waals surface area contributed by atoms with Gasteiger partial charge in [-0.2, -0.15) is 0 Å². The van der Waals surface area contributed by atoms with Crippen molar-refractivity contribution in [2.24, 2.45) is 5.84 Å². The Hall–Kier alpha value is -2.30. The quantitative estimate of drug-likeness (QED) is 0.572. The summed E-state index contributed by atoms with van der Waals surface area (Å²) in [5.41, 5.74) is 5.81. The molecule has 1 heterocycles. The second-order valence-electron chi connectivity index (χ2n) is 5.09. The third-order valence-electron chi connectivity index (χ3n) is 3.58. The fourth-order valence-electron chi connectivity index (χ4n) is 2.48. The van der Waals surface area contributed by atoms with Gasteiger partial charge in [-0.1, -0.05) is 30.3 Å². The van der Waals surface area contributed by atoms with Crippen LogP contribution in [0.5, 0.6) is 0 Å². The standard InChI is InChI=1S/C17H16FN3/c1-11-6-7-14(15(18)8-11)17(21-19)13-9-12-4-2-3-5-16(12)20-10-13/h2-10,17,21H,19H2,1H3. The molecule has 2 aromatic carbocycles. The molecular formula is C17H16FN3. The third kappa shape index (κ3) is 2.63. The molecule has 0 radical (unpaired) electrons. The SMILES string of the molecule is Cc1ccc(C(NN)c2cnc3ccccc3c2)c(F)c1. The number of hydrazine groups is 1. The van der Waals surface area contributed by atoms with Crippen molar-refractivity contribution in [2.45, 2.75) is 13.0 Å². The fourth-order valence-corrected chi connectivity index (χ4v) is 2.48. The Balaban J connectivity index is 2.09. The first kappa shape index (κ1) is 13.7. The molecule has 106 valence electrons. The highest BCUT2D eigenvalue weighted by atomic mass is 19.1. The van der Waals surface area contributed by atoms with Gasteiger partial charge in [0.25, 0.3) is 0 Å². The van der Waals surface area contributed by atoms with Crippen molar-refractivity contribution < 1.29 is 4.39 Å². The van der Waals surface area contributed by atoms with Crippen LogP contribution in [0, 0.1) is 12.7 Å². The molecule has 0 bridgehead atoms. The van der Waals surface area contributed by atoms with Crippen molar-refractivity contribution in [3.8, 4) is 0 Å². The Kier molecular flexibility index (Phi) is 3.64. The van der Waals surface area contributed by atoms with E-state index < -0.39 is 6.04 Å². The molecule has 21 heavy (non-hydrogen) atoms. The van der Waals surface area contributed by atoms with E-state index in [1.54, 1.807) is 12.3 Å². The lowest BCUT2D eigenvalue weighted by Crippen LogP contribution is -2.29. The van der Waals surface area contributed by atoms with Gasteiger partial charge in [-0.25, -0.2) is 9.82 Å². The summed E-state index contributed by atoms with van der Waals surface area (Å²) in [6, 6.07) is 14.5. The van der Waals surface area contributed by atoms with E-state index in [1.165, 1.54) is 6.07 Å². The van der Waals surface area contributed by atoms with E-state index >= 15 is 0 Å². The van der Waals surface area contributed by atoms with Crippen molar-refractivity contribution in [1.82, 2.24) is 10.4 Å². The van der Waals surface area contributed by atoms with Gasteiger partial charge in [0, 0.05) is 17.1 Å². The summed E-state index contributed by atoms with van der Waals surface area (Å²) in [5.74, 6) is 5.37. The molecule has 3 N–H and O–H groups in total. The number of para-hydroxylation sites is 1. The van der Waals surface area contributed by atoms with Crippen LogP contribution < -0.4 is 11.3 Å². The minimum absolute atomic E-state index is 0.272. The lowest BCUT2D eigenvalue weighted by molar-refractivity contribution is 0.559. The molecule has 0 aliphatic heterocycles. The minimum atomic E-state index is -0.428. The van der Waals surface area contributed by atoms with Crippen LogP contribution in [0.1, 0.15) is 22.7 Å². The maximum Gasteiger partial charge on any atom is 0.128 e. The topological polar surface area (TPSA) is 50.9 Å². The van der Waals surface area contributed by atoms with Gasteiger partial charge < -0.3 is 0 Å². The van der Waals surface area contributed by atoms with Crippen molar-refractivity contribution in [1.29, 1.82) is 0 Å². The molecule has 0 saturated carbocycles. The van der Waals surface area contributed by atoms with Crippen molar-refractivity contribution in [3.63, 3.8) is 0 Å². The number of nitrogens with one attached hydrogen (secondary N) is 1. The number of pyridine rings is 1. The predicted octanol–water partition coefficient (Wildman–Crippen LogP) is 3.24. The summed E-state index contributed by atoms with van der Waals surface area (Å²) < 4.78 is 14.2. The van der Waals surface area contributed by atoms with Gasteiger partial charge in [-0.05, 0) is 36.2 Å². The van der Waals surface area contributed by atoms with Gasteiger partial charge in [0.2, 0.25) is 0 Å². The molecule has 3 aromatic rings. The van der Waals surface area contributed by atoms with Crippen molar-refractivity contribution in [2.75, 3.05) is 0 Å².